The minimum absolute atomic E-state index is 0.0139. The number of pyridine rings is 1. The third-order valence-corrected chi connectivity index (χ3v) is 8.70. The molecule has 0 bridgehead atoms. The first-order valence-electron chi connectivity index (χ1n) is 12.2. The lowest BCUT2D eigenvalue weighted by atomic mass is 9.98. The van der Waals surface area contributed by atoms with Crippen molar-refractivity contribution < 1.29 is 31.4 Å². The summed E-state index contributed by atoms with van der Waals surface area (Å²) in [6.45, 7) is 3.30. The van der Waals surface area contributed by atoms with E-state index < -0.39 is 28.0 Å². The zero-order chi connectivity index (χ0) is 25.9. The van der Waals surface area contributed by atoms with Crippen molar-refractivity contribution in [1.82, 2.24) is 9.88 Å². The maximum Gasteiger partial charge on any atom is 0.391 e. The van der Waals surface area contributed by atoms with E-state index in [4.69, 9.17) is 4.74 Å². The van der Waals surface area contributed by atoms with Crippen LogP contribution in [0.15, 0.2) is 41.4 Å². The number of hydrogen-bond donors (Lipinski definition) is 2. The van der Waals surface area contributed by atoms with Gasteiger partial charge in [-0.2, -0.15) is 13.2 Å². The molecule has 0 radical (unpaired) electrons. The Labute approximate surface area is 209 Å². The van der Waals surface area contributed by atoms with Gasteiger partial charge in [0.1, 0.15) is 0 Å². The predicted octanol–water partition coefficient (Wildman–Crippen LogP) is 4.08. The first-order chi connectivity index (χ1) is 17.1. The number of sulfone groups is 1. The Morgan fingerprint density at radius 2 is 1.94 bits per heavy atom. The van der Waals surface area contributed by atoms with E-state index in [0.29, 0.717) is 26.1 Å². The molecule has 3 heterocycles. The molecule has 1 fully saturated rings. The van der Waals surface area contributed by atoms with E-state index in [-0.39, 0.29) is 42.8 Å². The zero-order valence-corrected chi connectivity index (χ0v) is 21.0. The number of aromatic nitrogens is 1. The molecule has 11 heteroatoms. The molecule has 1 aromatic heterocycles. The summed E-state index contributed by atoms with van der Waals surface area (Å²) in [5.74, 6) is -1.27. The minimum Gasteiger partial charge on any atom is -0.394 e. The second kappa shape index (κ2) is 11.0. The topological polar surface area (TPSA) is 91.8 Å². The van der Waals surface area contributed by atoms with Gasteiger partial charge in [-0.1, -0.05) is 19.1 Å². The van der Waals surface area contributed by atoms with Gasteiger partial charge in [0.2, 0.25) is 0 Å². The SMILES string of the molecule is CCS(=O)(=O)c1ccc(C(CO)Nc2cnc3c(c2)CN(CC2CCC(C(F)(F)F)CCO2)C3)cc1. The van der Waals surface area contributed by atoms with E-state index >= 15 is 0 Å². The number of ether oxygens (including phenoxy) is 1. The molecule has 2 aromatic rings. The van der Waals surface area contributed by atoms with Gasteiger partial charge in [0.05, 0.1) is 52.9 Å². The van der Waals surface area contributed by atoms with Crippen molar-refractivity contribution in [2.75, 3.05) is 30.8 Å². The molecule has 2 aliphatic heterocycles. The molecule has 1 saturated heterocycles. The van der Waals surface area contributed by atoms with Crippen molar-refractivity contribution in [2.45, 2.75) is 62.5 Å². The van der Waals surface area contributed by atoms with Crippen molar-refractivity contribution in [3.63, 3.8) is 0 Å². The molecular formula is C25H32F3N3O4S. The average molecular weight is 528 g/mol. The Hall–Kier alpha value is -2.21. The fraction of sp³-hybridized carbons (Fsp3) is 0.560. The van der Waals surface area contributed by atoms with Crippen LogP contribution in [0.4, 0.5) is 18.9 Å². The summed E-state index contributed by atoms with van der Waals surface area (Å²) in [5, 5.41) is 13.2. The Bertz CT molecular complexity index is 1140. The molecule has 0 amide bonds. The molecule has 3 atom stereocenters. The highest BCUT2D eigenvalue weighted by atomic mass is 32.2. The van der Waals surface area contributed by atoms with Gasteiger partial charge in [0, 0.05) is 26.2 Å². The number of fused-ring (bicyclic) bond motifs is 1. The number of alkyl halides is 3. The van der Waals surface area contributed by atoms with Crippen LogP contribution in [0.3, 0.4) is 0 Å². The molecule has 7 nitrogen and oxygen atoms in total. The van der Waals surface area contributed by atoms with E-state index in [0.717, 1.165) is 22.5 Å². The molecule has 36 heavy (non-hydrogen) atoms. The molecule has 1 aromatic carbocycles. The number of aliphatic hydroxyl groups excluding tert-OH is 1. The quantitative estimate of drug-likeness (QED) is 0.535. The maximum atomic E-state index is 13.1. The third-order valence-electron chi connectivity index (χ3n) is 6.95. The summed E-state index contributed by atoms with van der Waals surface area (Å²) in [6, 6.07) is 7.99. The van der Waals surface area contributed by atoms with Crippen molar-refractivity contribution in [3.8, 4) is 0 Å². The molecule has 0 spiro atoms. The molecule has 2 aliphatic rings. The third kappa shape index (κ3) is 6.37. The summed E-state index contributed by atoms with van der Waals surface area (Å²) >= 11 is 0. The summed E-state index contributed by atoms with van der Waals surface area (Å²) in [4.78, 5) is 6.93. The van der Waals surface area contributed by atoms with Gasteiger partial charge in [0.15, 0.2) is 9.84 Å². The number of rotatable bonds is 8. The molecule has 3 unspecified atom stereocenters. The Balaban J connectivity index is 1.36. The van der Waals surface area contributed by atoms with Gasteiger partial charge >= 0.3 is 6.18 Å². The number of nitrogens with zero attached hydrogens (tertiary/aromatic N) is 2. The van der Waals surface area contributed by atoms with Crippen LogP contribution in [0.2, 0.25) is 0 Å². The van der Waals surface area contributed by atoms with Gasteiger partial charge in [0.25, 0.3) is 0 Å². The monoisotopic (exact) mass is 527 g/mol. The van der Waals surface area contributed by atoms with Crippen LogP contribution in [0.1, 0.15) is 49.0 Å². The minimum atomic E-state index is -4.17. The van der Waals surface area contributed by atoms with Crippen molar-refractivity contribution in [2.24, 2.45) is 5.92 Å². The largest absolute Gasteiger partial charge is 0.394 e. The van der Waals surface area contributed by atoms with Gasteiger partial charge in [-0.05, 0) is 48.6 Å². The van der Waals surface area contributed by atoms with Crippen LogP contribution < -0.4 is 5.32 Å². The van der Waals surface area contributed by atoms with E-state index in [1.807, 2.05) is 6.07 Å². The van der Waals surface area contributed by atoms with Gasteiger partial charge in [-0.3, -0.25) is 9.88 Å². The molecular weight excluding hydrogens is 495 g/mol. The van der Waals surface area contributed by atoms with Gasteiger partial charge < -0.3 is 15.2 Å². The number of nitrogens with one attached hydrogen (secondary N) is 1. The lowest BCUT2D eigenvalue weighted by Gasteiger charge is -2.22. The number of hydrogen-bond acceptors (Lipinski definition) is 7. The molecule has 2 N–H and O–H groups in total. The lowest BCUT2D eigenvalue weighted by molar-refractivity contribution is -0.177. The second-order valence-electron chi connectivity index (χ2n) is 9.45. The van der Waals surface area contributed by atoms with E-state index in [1.54, 1.807) is 37.4 Å². The Morgan fingerprint density at radius 3 is 2.61 bits per heavy atom. The van der Waals surface area contributed by atoms with Crippen LogP contribution in [0.5, 0.6) is 0 Å². The second-order valence-corrected chi connectivity index (χ2v) is 11.7. The Kier molecular flexibility index (Phi) is 8.23. The summed E-state index contributed by atoms with van der Waals surface area (Å²) < 4.78 is 69.0. The van der Waals surface area contributed by atoms with Crippen molar-refractivity contribution >= 4 is 15.5 Å². The fourth-order valence-corrected chi connectivity index (χ4v) is 5.68. The number of benzene rings is 1. The number of anilines is 1. The van der Waals surface area contributed by atoms with Crippen molar-refractivity contribution in [3.05, 3.63) is 53.3 Å². The highest BCUT2D eigenvalue weighted by Gasteiger charge is 2.40. The molecule has 4 rings (SSSR count). The van der Waals surface area contributed by atoms with Crippen LogP contribution in [0.25, 0.3) is 0 Å². The molecule has 0 aliphatic carbocycles. The maximum absolute atomic E-state index is 13.1. The standard InChI is InChI=1S/C25H32F3N3O4S/c1-2-36(33,34)22-7-3-17(4-8-22)24(16-32)30-20-11-18-13-31(15-23(18)29-12-20)14-21-6-5-19(9-10-35-21)25(26,27)28/h3-4,7-8,11-12,19,21,24,30,32H,2,5-6,9-10,13-16H2,1H3. The smallest absolute Gasteiger partial charge is 0.391 e. The van der Waals surface area contributed by atoms with Gasteiger partial charge in [-0.15, -0.1) is 0 Å². The summed E-state index contributed by atoms with van der Waals surface area (Å²) in [7, 11) is -3.30. The number of aliphatic hydroxyl groups is 1. The number of halogens is 3. The normalized spacial score (nSPS) is 22.1. The van der Waals surface area contributed by atoms with E-state index in [2.05, 4.69) is 15.2 Å². The zero-order valence-electron chi connectivity index (χ0n) is 20.2. The van der Waals surface area contributed by atoms with Crippen LogP contribution in [-0.4, -0.2) is 61.2 Å². The lowest BCUT2D eigenvalue weighted by Crippen LogP contribution is -2.30. The predicted molar refractivity (Wildman–Crippen MR) is 129 cm³/mol. The molecule has 198 valence electrons. The highest BCUT2D eigenvalue weighted by molar-refractivity contribution is 7.91. The fourth-order valence-electron chi connectivity index (χ4n) is 4.80. The van der Waals surface area contributed by atoms with Crippen molar-refractivity contribution in [1.29, 1.82) is 0 Å². The highest BCUT2D eigenvalue weighted by Crippen LogP contribution is 2.35. The Morgan fingerprint density at radius 1 is 1.19 bits per heavy atom. The first kappa shape index (κ1) is 26.8. The van der Waals surface area contributed by atoms with E-state index in [9.17, 15) is 26.7 Å². The van der Waals surface area contributed by atoms with Gasteiger partial charge in [-0.25, -0.2) is 8.42 Å². The van der Waals surface area contributed by atoms with E-state index in [1.165, 1.54) is 0 Å². The summed E-state index contributed by atoms with van der Waals surface area (Å²) in [6.07, 6.45) is -2.22. The average Bonchev–Trinajstić information content (AvgIpc) is 3.08. The van der Waals surface area contributed by atoms with Crippen LogP contribution >= 0.6 is 0 Å². The summed E-state index contributed by atoms with van der Waals surface area (Å²) in [5.41, 5.74) is 3.40. The van der Waals surface area contributed by atoms with Crippen LogP contribution in [0, 0.1) is 5.92 Å². The van der Waals surface area contributed by atoms with Crippen LogP contribution in [-0.2, 0) is 27.7 Å². The molecule has 0 saturated carbocycles. The first-order valence-corrected chi connectivity index (χ1v) is 13.8.